The third-order valence-corrected chi connectivity index (χ3v) is 2.93. The molecule has 1 aromatic rings. The molecule has 1 fully saturated rings. The van der Waals surface area contributed by atoms with E-state index in [1.54, 1.807) is 12.1 Å². The van der Waals surface area contributed by atoms with Crippen LogP contribution in [0, 0.1) is 15.5 Å². The first-order valence-corrected chi connectivity index (χ1v) is 5.77. The van der Waals surface area contributed by atoms with Crippen LogP contribution in [0.15, 0.2) is 30.3 Å². The summed E-state index contributed by atoms with van der Waals surface area (Å²) >= 11 is 0. The van der Waals surface area contributed by atoms with Crippen molar-refractivity contribution in [2.45, 2.75) is 26.1 Å². The SMILES string of the molecule is CC1(C)CC(=O)OC1(O)c1ccccc1.C[N+](=O)[O-]. The summed E-state index contributed by atoms with van der Waals surface area (Å²) in [6, 6.07) is 9.02. The van der Waals surface area contributed by atoms with Crippen LogP contribution in [0.1, 0.15) is 25.8 Å². The lowest BCUT2D eigenvalue weighted by atomic mass is 9.79. The minimum Gasteiger partial charge on any atom is -0.428 e. The zero-order valence-electron chi connectivity index (χ0n) is 11.1. The summed E-state index contributed by atoms with van der Waals surface area (Å²) in [5, 5.41) is 19.2. The van der Waals surface area contributed by atoms with E-state index in [2.05, 4.69) is 0 Å². The quantitative estimate of drug-likeness (QED) is 0.475. The summed E-state index contributed by atoms with van der Waals surface area (Å²) in [5.74, 6) is -1.85. The van der Waals surface area contributed by atoms with Gasteiger partial charge in [0.1, 0.15) is 0 Å². The van der Waals surface area contributed by atoms with E-state index in [0.717, 1.165) is 7.05 Å². The Bertz CT molecular complexity index is 467. The second-order valence-electron chi connectivity index (χ2n) is 4.98. The van der Waals surface area contributed by atoms with Crippen molar-refractivity contribution in [2.75, 3.05) is 7.05 Å². The Balaban J connectivity index is 0.000000399. The lowest BCUT2D eigenvalue weighted by molar-refractivity contribution is -0.445. The molecule has 1 aliphatic heterocycles. The molecule has 0 saturated carbocycles. The number of cyclic esters (lactones) is 1. The number of benzene rings is 1. The highest BCUT2D eigenvalue weighted by molar-refractivity contribution is 5.73. The molecule has 0 bridgehead atoms. The molecular formula is C13H17NO5. The van der Waals surface area contributed by atoms with E-state index >= 15 is 0 Å². The number of hydrogen-bond acceptors (Lipinski definition) is 5. The minimum absolute atomic E-state index is 0.235. The first-order chi connectivity index (χ1) is 8.69. The van der Waals surface area contributed by atoms with Gasteiger partial charge in [0.15, 0.2) is 7.05 Å². The molecule has 104 valence electrons. The Hall–Kier alpha value is -1.95. The van der Waals surface area contributed by atoms with Crippen molar-refractivity contribution in [3.05, 3.63) is 46.0 Å². The van der Waals surface area contributed by atoms with Crippen molar-refractivity contribution >= 4 is 5.97 Å². The largest absolute Gasteiger partial charge is 0.428 e. The van der Waals surface area contributed by atoms with Gasteiger partial charge in [-0.05, 0) is 0 Å². The van der Waals surface area contributed by atoms with Crippen molar-refractivity contribution in [2.24, 2.45) is 5.41 Å². The molecule has 0 radical (unpaired) electrons. The van der Waals surface area contributed by atoms with Crippen molar-refractivity contribution in [3.8, 4) is 0 Å². The highest BCUT2D eigenvalue weighted by Gasteiger charge is 2.55. The van der Waals surface area contributed by atoms with Gasteiger partial charge in [0.05, 0.1) is 6.42 Å². The third-order valence-electron chi connectivity index (χ3n) is 2.93. The number of nitrogens with zero attached hydrogens (tertiary/aromatic N) is 1. The highest BCUT2D eigenvalue weighted by Crippen LogP contribution is 2.48. The van der Waals surface area contributed by atoms with Gasteiger partial charge in [-0.25, -0.2) is 0 Å². The first kappa shape index (κ1) is 15.1. The van der Waals surface area contributed by atoms with Gasteiger partial charge in [-0.2, -0.15) is 0 Å². The topological polar surface area (TPSA) is 89.7 Å². The molecule has 1 atom stereocenters. The predicted octanol–water partition coefficient (Wildman–Crippen LogP) is 1.70. The van der Waals surface area contributed by atoms with Crippen LogP contribution in [0.4, 0.5) is 0 Å². The van der Waals surface area contributed by atoms with Crippen LogP contribution in [0.25, 0.3) is 0 Å². The number of aliphatic hydroxyl groups is 1. The fourth-order valence-corrected chi connectivity index (χ4v) is 1.93. The van der Waals surface area contributed by atoms with Crippen molar-refractivity contribution < 1.29 is 19.6 Å². The van der Waals surface area contributed by atoms with E-state index in [9.17, 15) is 9.90 Å². The molecule has 1 aromatic carbocycles. The highest BCUT2D eigenvalue weighted by atomic mass is 16.7. The summed E-state index contributed by atoms with van der Waals surface area (Å²) in [6.07, 6.45) is 0.235. The Morgan fingerprint density at radius 2 is 1.79 bits per heavy atom. The molecule has 1 unspecified atom stereocenters. The molecule has 1 aliphatic rings. The van der Waals surface area contributed by atoms with Crippen LogP contribution in [0.2, 0.25) is 0 Å². The Labute approximate surface area is 111 Å². The van der Waals surface area contributed by atoms with E-state index in [0.29, 0.717) is 5.56 Å². The van der Waals surface area contributed by atoms with Gasteiger partial charge in [-0.15, -0.1) is 0 Å². The zero-order chi connectivity index (χ0) is 14.7. The zero-order valence-corrected chi connectivity index (χ0v) is 11.1. The molecular weight excluding hydrogens is 250 g/mol. The van der Waals surface area contributed by atoms with E-state index in [1.807, 2.05) is 32.0 Å². The number of ether oxygens (including phenoxy) is 1. The summed E-state index contributed by atoms with van der Waals surface area (Å²) in [4.78, 5) is 19.6. The number of hydrogen-bond donors (Lipinski definition) is 1. The van der Waals surface area contributed by atoms with E-state index in [4.69, 9.17) is 14.9 Å². The second kappa shape index (κ2) is 5.36. The lowest BCUT2D eigenvalue weighted by Gasteiger charge is -2.33. The van der Waals surface area contributed by atoms with Crippen LogP contribution in [0.5, 0.6) is 0 Å². The maximum Gasteiger partial charge on any atom is 0.309 e. The summed E-state index contributed by atoms with van der Waals surface area (Å²) in [6.45, 7) is 3.65. The Kier molecular flexibility index (Phi) is 4.26. The van der Waals surface area contributed by atoms with Crippen molar-refractivity contribution in [1.82, 2.24) is 0 Å². The average molecular weight is 267 g/mol. The fourth-order valence-electron chi connectivity index (χ4n) is 1.93. The monoisotopic (exact) mass is 267 g/mol. The molecule has 1 saturated heterocycles. The summed E-state index contributed by atoms with van der Waals surface area (Å²) in [7, 11) is 0.889. The van der Waals surface area contributed by atoms with Gasteiger partial charge in [-0.3, -0.25) is 14.9 Å². The van der Waals surface area contributed by atoms with E-state index in [-0.39, 0.29) is 12.4 Å². The molecule has 0 amide bonds. The molecule has 0 aliphatic carbocycles. The maximum atomic E-state index is 11.3. The summed E-state index contributed by atoms with van der Waals surface area (Å²) < 4.78 is 5.07. The third kappa shape index (κ3) is 3.29. The van der Waals surface area contributed by atoms with Crippen molar-refractivity contribution in [1.29, 1.82) is 0 Å². The van der Waals surface area contributed by atoms with Crippen LogP contribution in [-0.4, -0.2) is 23.0 Å². The first-order valence-electron chi connectivity index (χ1n) is 5.77. The van der Waals surface area contributed by atoms with Crippen LogP contribution >= 0.6 is 0 Å². The normalized spacial score (nSPS) is 24.1. The van der Waals surface area contributed by atoms with Crippen LogP contribution in [0.3, 0.4) is 0 Å². The van der Waals surface area contributed by atoms with Gasteiger partial charge in [0.25, 0.3) is 0 Å². The molecule has 1 heterocycles. The number of rotatable bonds is 1. The van der Waals surface area contributed by atoms with Gasteiger partial charge < -0.3 is 9.84 Å². The second-order valence-corrected chi connectivity index (χ2v) is 4.98. The molecule has 6 nitrogen and oxygen atoms in total. The smallest absolute Gasteiger partial charge is 0.309 e. The molecule has 6 heteroatoms. The molecule has 0 aromatic heterocycles. The van der Waals surface area contributed by atoms with Crippen LogP contribution < -0.4 is 0 Å². The molecule has 2 rings (SSSR count). The number of carbonyl (C=O) groups is 1. The average Bonchev–Trinajstić information content (AvgIpc) is 2.48. The fraction of sp³-hybridized carbons (Fsp3) is 0.462. The Morgan fingerprint density at radius 1 is 1.32 bits per heavy atom. The standard InChI is InChI=1S/C12H14O3.CH3NO2/c1-11(2)8-10(13)15-12(11,14)9-6-4-3-5-7-9;1-2(3)4/h3-7,14H,8H2,1-2H3;1H3. The van der Waals surface area contributed by atoms with Crippen molar-refractivity contribution in [3.63, 3.8) is 0 Å². The van der Waals surface area contributed by atoms with E-state index in [1.165, 1.54) is 0 Å². The maximum absolute atomic E-state index is 11.3. The lowest BCUT2D eigenvalue weighted by Crippen LogP contribution is -2.38. The summed E-state index contributed by atoms with van der Waals surface area (Å²) in [5.41, 5.74) is 0.0340. The molecule has 19 heavy (non-hydrogen) atoms. The van der Waals surface area contributed by atoms with Gasteiger partial charge >= 0.3 is 5.97 Å². The minimum atomic E-state index is -1.49. The predicted molar refractivity (Wildman–Crippen MR) is 67.7 cm³/mol. The van der Waals surface area contributed by atoms with E-state index < -0.39 is 16.1 Å². The molecule has 0 spiro atoms. The Morgan fingerprint density at radius 3 is 2.16 bits per heavy atom. The number of esters is 1. The van der Waals surface area contributed by atoms with Gasteiger partial charge in [0, 0.05) is 15.9 Å². The number of carbonyl (C=O) groups excluding carboxylic acids is 1. The number of nitro groups is 1. The molecule has 1 N–H and O–H groups in total. The van der Waals surface area contributed by atoms with Gasteiger partial charge in [0.2, 0.25) is 5.79 Å². The van der Waals surface area contributed by atoms with Crippen LogP contribution in [-0.2, 0) is 15.3 Å². The van der Waals surface area contributed by atoms with Gasteiger partial charge in [-0.1, -0.05) is 44.2 Å².